The molecule has 13 rings (SSSR count). The average molecular weight is 739 g/mol. The van der Waals surface area contributed by atoms with E-state index in [2.05, 4.69) is 215 Å². The zero-order valence-electron chi connectivity index (χ0n) is 31.0. The molecular weight excluding hydrogens is 705 g/mol. The molecule has 0 aliphatic carbocycles. The van der Waals surface area contributed by atoms with Gasteiger partial charge in [0, 0.05) is 48.7 Å². The van der Waals surface area contributed by atoms with Crippen molar-refractivity contribution in [1.82, 2.24) is 8.80 Å². The number of fused-ring (bicyclic) bond motifs is 12. The topological polar surface area (TPSA) is 8.82 Å². The number of para-hydroxylation sites is 4. The molecule has 0 aliphatic heterocycles. The summed E-state index contributed by atoms with van der Waals surface area (Å²) in [5.41, 5.74) is 10.2. The first-order valence-electron chi connectivity index (χ1n) is 19.9. The Morgan fingerprint density at radius 3 is 1.32 bits per heavy atom. The van der Waals surface area contributed by atoms with Gasteiger partial charge in [0.15, 0.2) is 8.07 Å². The highest BCUT2D eigenvalue weighted by Gasteiger charge is 2.41. The largest absolute Gasteiger partial charge is 0.308 e. The van der Waals surface area contributed by atoms with Crippen LogP contribution in [-0.4, -0.2) is 16.9 Å². The van der Waals surface area contributed by atoms with Crippen LogP contribution in [0.5, 0.6) is 0 Å². The highest BCUT2D eigenvalue weighted by Crippen LogP contribution is 2.49. The number of benzene rings is 9. The van der Waals surface area contributed by atoms with Gasteiger partial charge in [0.2, 0.25) is 0 Å². The van der Waals surface area contributed by atoms with Crippen molar-refractivity contribution < 1.29 is 0 Å². The summed E-state index contributed by atoms with van der Waals surface area (Å²) in [7, 11) is -2.81. The molecule has 0 fully saturated rings. The number of aromatic nitrogens is 2. The molecule has 4 heterocycles. The van der Waals surface area contributed by atoms with Crippen LogP contribution < -0.4 is 20.7 Å². The Labute approximate surface area is 329 Å². The molecule has 0 atom stereocenters. The van der Waals surface area contributed by atoms with E-state index >= 15 is 0 Å². The minimum absolute atomic E-state index is 1.24. The van der Waals surface area contributed by atoms with E-state index in [9.17, 15) is 0 Å². The normalized spacial score (nSPS) is 12.6. The molecule has 0 saturated carbocycles. The Balaban J connectivity index is 1.25. The van der Waals surface area contributed by atoms with E-state index in [1.54, 1.807) is 0 Å². The van der Waals surface area contributed by atoms with Gasteiger partial charge < -0.3 is 8.80 Å². The highest BCUT2D eigenvalue weighted by atomic mass is 28.3. The van der Waals surface area contributed by atoms with Crippen LogP contribution in [-0.2, 0) is 0 Å². The van der Waals surface area contributed by atoms with Gasteiger partial charge in [-0.2, -0.15) is 0 Å². The van der Waals surface area contributed by atoms with Crippen LogP contribution in [0.2, 0.25) is 0 Å². The van der Waals surface area contributed by atoms with Crippen LogP contribution in [0.1, 0.15) is 0 Å². The fraction of sp³-hybridized carbons (Fsp3) is 0. The van der Waals surface area contributed by atoms with E-state index in [4.69, 9.17) is 0 Å². The summed E-state index contributed by atoms with van der Waals surface area (Å²) >= 11 is 0. The first-order valence-corrected chi connectivity index (χ1v) is 21.9. The van der Waals surface area contributed by atoms with Gasteiger partial charge in [-0.05, 0) is 44.5 Å². The Bertz CT molecular complexity index is 3570. The highest BCUT2D eigenvalue weighted by molar-refractivity contribution is 7.19. The van der Waals surface area contributed by atoms with E-state index in [1.165, 1.54) is 108 Å². The van der Waals surface area contributed by atoms with Crippen LogP contribution in [0.4, 0.5) is 0 Å². The SMILES string of the molecule is c1ccc([Si](c2ccccc2)(c2ccccc2)c2cccc(-c3c4c5cccc6c7ccccc7n(c4cc4c7cccc8c9ccccc9n(c34)c87)c65)c2)cc1. The third kappa shape index (κ3) is 3.93. The minimum Gasteiger partial charge on any atom is -0.308 e. The zero-order valence-corrected chi connectivity index (χ0v) is 32.0. The van der Waals surface area contributed by atoms with Gasteiger partial charge in [-0.1, -0.05) is 188 Å². The number of rotatable bonds is 5. The summed E-state index contributed by atoms with van der Waals surface area (Å²) in [6.07, 6.45) is 0. The maximum Gasteiger partial charge on any atom is 0.179 e. The van der Waals surface area contributed by atoms with Crippen LogP contribution in [0.3, 0.4) is 0 Å². The minimum atomic E-state index is -2.81. The molecule has 0 amide bonds. The van der Waals surface area contributed by atoms with Crippen molar-refractivity contribution in [3.63, 3.8) is 0 Å². The lowest BCUT2D eigenvalue weighted by atomic mass is 9.95. The summed E-state index contributed by atoms with van der Waals surface area (Å²) < 4.78 is 5.13. The molecule has 0 saturated heterocycles. The Morgan fingerprint density at radius 2 is 0.719 bits per heavy atom. The summed E-state index contributed by atoms with van der Waals surface area (Å²) in [6.45, 7) is 0. The van der Waals surface area contributed by atoms with Crippen molar-refractivity contribution >= 4 is 105 Å². The Morgan fingerprint density at radius 1 is 0.281 bits per heavy atom. The molecule has 3 heteroatoms. The number of hydrogen-bond acceptors (Lipinski definition) is 0. The lowest BCUT2D eigenvalue weighted by Gasteiger charge is -2.34. The molecule has 0 radical (unpaired) electrons. The van der Waals surface area contributed by atoms with Gasteiger partial charge in [0.05, 0.1) is 33.1 Å². The molecule has 0 N–H and O–H groups in total. The summed E-state index contributed by atoms with van der Waals surface area (Å²) in [5, 5.41) is 15.9. The van der Waals surface area contributed by atoms with Crippen LogP contribution in [0.15, 0.2) is 206 Å². The van der Waals surface area contributed by atoms with Crippen molar-refractivity contribution in [1.29, 1.82) is 0 Å². The molecule has 0 bridgehead atoms. The Kier molecular flexibility index (Phi) is 6.22. The van der Waals surface area contributed by atoms with E-state index in [1.807, 2.05) is 0 Å². The van der Waals surface area contributed by atoms with Gasteiger partial charge in [-0.25, -0.2) is 0 Å². The molecule has 9 aromatic carbocycles. The lowest BCUT2D eigenvalue weighted by molar-refractivity contribution is 1.36. The fourth-order valence-corrected chi connectivity index (χ4v) is 15.5. The molecule has 4 aromatic heterocycles. The smallest absolute Gasteiger partial charge is 0.179 e. The second-order valence-electron chi connectivity index (χ2n) is 15.6. The fourth-order valence-electron chi connectivity index (χ4n) is 10.7. The van der Waals surface area contributed by atoms with Gasteiger partial charge >= 0.3 is 0 Å². The average Bonchev–Trinajstić information content (AvgIpc) is 4.01. The number of hydrogen-bond donors (Lipinski definition) is 0. The molecule has 264 valence electrons. The van der Waals surface area contributed by atoms with Crippen LogP contribution >= 0.6 is 0 Å². The van der Waals surface area contributed by atoms with Gasteiger partial charge in [0.1, 0.15) is 0 Å². The van der Waals surface area contributed by atoms with E-state index < -0.39 is 8.07 Å². The maximum absolute atomic E-state index is 2.81. The van der Waals surface area contributed by atoms with Gasteiger partial charge in [-0.3, -0.25) is 0 Å². The molecule has 13 aromatic rings. The second kappa shape index (κ2) is 11.4. The monoisotopic (exact) mass is 738 g/mol. The van der Waals surface area contributed by atoms with Crippen molar-refractivity contribution in [3.8, 4) is 11.1 Å². The zero-order chi connectivity index (χ0) is 37.2. The molecule has 57 heavy (non-hydrogen) atoms. The molecule has 2 nitrogen and oxygen atoms in total. The quantitative estimate of drug-likeness (QED) is 0.123. The predicted octanol–water partition coefficient (Wildman–Crippen LogP) is 11.0. The lowest BCUT2D eigenvalue weighted by Crippen LogP contribution is -2.74. The van der Waals surface area contributed by atoms with Crippen molar-refractivity contribution in [3.05, 3.63) is 206 Å². The predicted molar refractivity (Wildman–Crippen MR) is 245 cm³/mol. The van der Waals surface area contributed by atoms with Crippen molar-refractivity contribution in [2.24, 2.45) is 0 Å². The van der Waals surface area contributed by atoms with Crippen molar-refractivity contribution in [2.75, 3.05) is 0 Å². The van der Waals surface area contributed by atoms with Crippen LogP contribution in [0, 0.1) is 0 Å². The van der Waals surface area contributed by atoms with Crippen LogP contribution in [0.25, 0.3) is 87.3 Å². The van der Waals surface area contributed by atoms with E-state index in [0.29, 0.717) is 0 Å². The summed E-state index contributed by atoms with van der Waals surface area (Å²) in [5.74, 6) is 0. The Hall–Kier alpha value is -7.20. The second-order valence-corrected chi connectivity index (χ2v) is 19.4. The molecule has 0 unspecified atom stereocenters. The van der Waals surface area contributed by atoms with Gasteiger partial charge in [-0.15, -0.1) is 0 Å². The first kappa shape index (κ1) is 31.0. The maximum atomic E-state index is 2.58. The van der Waals surface area contributed by atoms with E-state index in [0.717, 1.165) is 0 Å². The summed E-state index contributed by atoms with van der Waals surface area (Å²) in [6, 6.07) is 77.7. The van der Waals surface area contributed by atoms with Gasteiger partial charge in [0.25, 0.3) is 0 Å². The number of nitrogens with zero attached hydrogens (tertiary/aromatic N) is 2. The first-order chi connectivity index (χ1) is 28.3. The standard InChI is InChI=1S/C54H34N2Si/c1-4-18-36(19-5-1)57(37-20-6-2-7-21-37,38-22-8-3-9-23-38)39-24-14-17-35(33-39)50-51-45-30-16-28-43-40-25-10-12-31-47(40)55(53(43)45)49(51)34-46-44-29-15-27-42-41-26-11-13-32-48(41)56(52(42)44)54(46)50/h1-34H. The third-order valence-electron chi connectivity index (χ3n) is 12.9. The third-order valence-corrected chi connectivity index (χ3v) is 17.7. The molecular formula is C54H34N2Si. The van der Waals surface area contributed by atoms with Crippen molar-refractivity contribution in [2.45, 2.75) is 0 Å². The van der Waals surface area contributed by atoms with E-state index in [-0.39, 0.29) is 0 Å². The summed E-state index contributed by atoms with van der Waals surface area (Å²) in [4.78, 5) is 0. The molecule has 0 aliphatic rings. The molecule has 0 spiro atoms.